The van der Waals surface area contributed by atoms with E-state index < -0.39 is 17.3 Å². The first-order valence-electron chi connectivity index (χ1n) is 5.31. The highest BCUT2D eigenvalue weighted by Crippen LogP contribution is 2.37. The number of rotatable bonds is 3. The van der Waals surface area contributed by atoms with Crippen molar-refractivity contribution in [3.8, 4) is 0 Å². The Bertz CT molecular complexity index is 366. The molecule has 0 fully saturated rings. The van der Waals surface area contributed by atoms with Crippen molar-refractivity contribution in [3.63, 3.8) is 0 Å². The van der Waals surface area contributed by atoms with E-state index in [0.29, 0.717) is 12.1 Å². The van der Waals surface area contributed by atoms with Gasteiger partial charge in [-0.15, -0.1) is 0 Å². The molecule has 0 saturated carbocycles. The summed E-state index contributed by atoms with van der Waals surface area (Å²) in [5.41, 5.74) is 0.0695. The van der Waals surface area contributed by atoms with Gasteiger partial charge in [-0.05, 0) is 6.08 Å². The van der Waals surface area contributed by atoms with Crippen molar-refractivity contribution >= 4 is 11.9 Å². The van der Waals surface area contributed by atoms with Crippen LogP contribution in [0.2, 0.25) is 0 Å². The highest BCUT2D eigenvalue weighted by atomic mass is 16.4. The predicted molar refractivity (Wildman–Crippen MR) is 60.6 cm³/mol. The molecule has 0 aromatic rings. The van der Waals surface area contributed by atoms with Crippen molar-refractivity contribution in [2.45, 2.75) is 27.2 Å². The number of carboxylic acids is 1. The van der Waals surface area contributed by atoms with Gasteiger partial charge in [0.2, 0.25) is 5.91 Å². The van der Waals surface area contributed by atoms with Crippen LogP contribution in [0.4, 0.5) is 0 Å². The normalized spacial score (nSPS) is 22.4. The summed E-state index contributed by atoms with van der Waals surface area (Å²) in [6.45, 7) is 5.39. The van der Waals surface area contributed by atoms with Crippen LogP contribution >= 0.6 is 0 Å². The lowest BCUT2D eigenvalue weighted by atomic mass is 9.73. The molecule has 0 radical (unpaired) electrons. The topological polar surface area (TPSA) is 66.4 Å². The zero-order valence-electron chi connectivity index (χ0n) is 9.78. The van der Waals surface area contributed by atoms with Crippen molar-refractivity contribution in [2.24, 2.45) is 11.3 Å². The van der Waals surface area contributed by atoms with Crippen molar-refractivity contribution < 1.29 is 14.7 Å². The molecule has 4 heteroatoms. The molecule has 0 heterocycles. The summed E-state index contributed by atoms with van der Waals surface area (Å²) < 4.78 is 0. The number of carboxylic acid groups (broad SMARTS) is 1. The van der Waals surface area contributed by atoms with E-state index >= 15 is 0 Å². The van der Waals surface area contributed by atoms with Crippen LogP contribution in [-0.4, -0.2) is 17.0 Å². The number of carbonyl (C=O) groups excluding carboxylic acids is 1. The highest BCUT2D eigenvalue weighted by Gasteiger charge is 2.38. The molecule has 1 amide bonds. The monoisotopic (exact) mass is 223 g/mol. The van der Waals surface area contributed by atoms with E-state index in [0.717, 1.165) is 0 Å². The smallest absolute Gasteiger partial charge is 0.311 e. The second-order valence-corrected chi connectivity index (χ2v) is 4.40. The molecule has 16 heavy (non-hydrogen) atoms. The van der Waals surface area contributed by atoms with Gasteiger partial charge in [0, 0.05) is 17.5 Å². The summed E-state index contributed by atoms with van der Waals surface area (Å²) >= 11 is 0. The summed E-state index contributed by atoms with van der Waals surface area (Å²) in [5.74, 6) is -1.58. The fourth-order valence-electron chi connectivity index (χ4n) is 1.72. The van der Waals surface area contributed by atoms with Crippen LogP contribution in [-0.2, 0) is 9.59 Å². The molecule has 0 saturated heterocycles. The lowest BCUT2D eigenvalue weighted by molar-refractivity contribution is -0.143. The maximum atomic E-state index is 11.3. The van der Waals surface area contributed by atoms with Gasteiger partial charge in [0.1, 0.15) is 0 Å². The molecular weight excluding hydrogens is 206 g/mol. The van der Waals surface area contributed by atoms with Gasteiger partial charge < -0.3 is 10.4 Å². The summed E-state index contributed by atoms with van der Waals surface area (Å²) in [4.78, 5) is 22.4. The van der Waals surface area contributed by atoms with Gasteiger partial charge in [-0.2, -0.15) is 0 Å². The Morgan fingerprint density at radius 3 is 2.62 bits per heavy atom. The van der Waals surface area contributed by atoms with Crippen molar-refractivity contribution in [2.75, 3.05) is 0 Å². The number of amides is 1. The minimum Gasteiger partial charge on any atom is -0.481 e. The van der Waals surface area contributed by atoms with Crippen LogP contribution in [0.25, 0.3) is 0 Å². The Balaban J connectivity index is 2.94. The largest absolute Gasteiger partial charge is 0.481 e. The number of carbonyl (C=O) groups is 2. The first kappa shape index (κ1) is 12.5. The zero-order valence-corrected chi connectivity index (χ0v) is 9.78. The Morgan fingerprint density at radius 2 is 2.12 bits per heavy atom. The molecule has 0 spiro atoms. The summed E-state index contributed by atoms with van der Waals surface area (Å²) in [6.07, 6.45) is 5.46. The maximum absolute atomic E-state index is 11.3. The third kappa shape index (κ3) is 2.32. The van der Waals surface area contributed by atoms with Gasteiger partial charge in [0.05, 0.1) is 5.92 Å². The van der Waals surface area contributed by atoms with E-state index in [9.17, 15) is 9.59 Å². The van der Waals surface area contributed by atoms with Crippen LogP contribution in [0.3, 0.4) is 0 Å². The van der Waals surface area contributed by atoms with Gasteiger partial charge in [-0.1, -0.05) is 32.9 Å². The molecule has 1 aliphatic rings. The summed E-state index contributed by atoms with van der Waals surface area (Å²) in [6, 6.07) is 0. The van der Waals surface area contributed by atoms with Crippen molar-refractivity contribution in [3.05, 3.63) is 23.9 Å². The Kier molecular flexibility index (Phi) is 3.52. The van der Waals surface area contributed by atoms with Crippen LogP contribution in [0.15, 0.2) is 23.9 Å². The standard InChI is InChI=1S/C12H17NO3/c1-4-10(14)13-9-7-5-6-8(11(15)16)12(9,2)3/h5-8H,4H2,1-3H3,(H,13,14)(H,15,16). The first-order valence-corrected chi connectivity index (χ1v) is 5.31. The van der Waals surface area contributed by atoms with E-state index in [1.165, 1.54) is 0 Å². The molecule has 0 aliphatic heterocycles. The molecule has 1 atom stereocenters. The fraction of sp³-hybridized carbons (Fsp3) is 0.500. The molecule has 2 N–H and O–H groups in total. The average molecular weight is 223 g/mol. The van der Waals surface area contributed by atoms with E-state index in [4.69, 9.17) is 5.11 Å². The Morgan fingerprint density at radius 1 is 1.50 bits per heavy atom. The van der Waals surface area contributed by atoms with E-state index in [-0.39, 0.29) is 5.91 Å². The number of allylic oxidation sites excluding steroid dienone is 3. The third-order valence-corrected chi connectivity index (χ3v) is 2.90. The predicted octanol–water partition coefficient (Wildman–Crippen LogP) is 1.69. The first-order chi connectivity index (χ1) is 7.39. The lowest BCUT2D eigenvalue weighted by Gasteiger charge is -2.34. The van der Waals surface area contributed by atoms with Gasteiger partial charge in [0.15, 0.2) is 0 Å². The maximum Gasteiger partial charge on any atom is 0.311 e. The molecule has 0 bridgehead atoms. The minimum absolute atomic E-state index is 0.0984. The van der Waals surface area contributed by atoms with Crippen LogP contribution in [0.1, 0.15) is 27.2 Å². The molecular formula is C12H17NO3. The van der Waals surface area contributed by atoms with E-state index in [1.54, 1.807) is 25.2 Å². The van der Waals surface area contributed by atoms with Crippen molar-refractivity contribution in [1.82, 2.24) is 5.32 Å². The van der Waals surface area contributed by atoms with E-state index in [1.807, 2.05) is 13.8 Å². The van der Waals surface area contributed by atoms with Gasteiger partial charge in [0.25, 0.3) is 0 Å². The van der Waals surface area contributed by atoms with Crippen LogP contribution < -0.4 is 5.32 Å². The van der Waals surface area contributed by atoms with Crippen molar-refractivity contribution in [1.29, 1.82) is 0 Å². The molecule has 4 nitrogen and oxygen atoms in total. The quantitative estimate of drug-likeness (QED) is 0.765. The summed E-state index contributed by atoms with van der Waals surface area (Å²) in [5, 5.41) is 11.8. The Hall–Kier alpha value is -1.58. The SMILES string of the molecule is CCC(=O)NC1=CC=CC(C(=O)O)C1(C)C. The minimum atomic E-state index is -0.877. The number of nitrogens with one attached hydrogen (secondary N) is 1. The highest BCUT2D eigenvalue weighted by molar-refractivity contribution is 5.79. The second kappa shape index (κ2) is 4.51. The molecule has 1 aliphatic carbocycles. The second-order valence-electron chi connectivity index (χ2n) is 4.40. The molecule has 1 rings (SSSR count). The number of aliphatic carboxylic acids is 1. The number of hydrogen-bond donors (Lipinski definition) is 2. The summed E-state index contributed by atoms with van der Waals surface area (Å²) in [7, 11) is 0. The Labute approximate surface area is 95.0 Å². The van der Waals surface area contributed by atoms with Gasteiger partial charge in [-0.25, -0.2) is 0 Å². The van der Waals surface area contributed by atoms with Gasteiger partial charge >= 0.3 is 5.97 Å². The third-order valence-electron chi connectivity index (χ3n) is 2.90. The molecule has 0 aromatic carbocycles. The van der Waals surface area contributed by atoms with Crippen LogP contribution in [0, 0.1) is 11.3 Å². The lowest BCUT2D eigenvalue weighted by Crippen LogP contribution is -2.39. The molecule has 0 aromatic heterocycles. The van der Waals surface area contributed by atoms with E-state index in [2.05, 4.69) is 5.32 Å². The zero-order chi connectivity index (χ0) is 12.3. The fourth-order valence-corrected chi connectivity index (χ4v) is 1.72. The van der Waals surface area contributed by atoms with Gasteiger partial charge in [-0.3, -0.25) is 9.59 Å². The molecule has 88 valence electrons. The van der Waals surface area contributed by atoms with Crippen LogP contribution in [0.5, 0.6) is 0 Å². The number of hydrogen-bond acceptors (Lipinski definition) is 2. The molecule has 1 unspecified atom stereocenters. The average Bonchev–Trinajstić information content (AvgIpc) is 2.19.